The van der Waals surface area contributed by atoms with Gasteiger partial charge in [0.25, 0.3) is 0 Å². The lowest BCUT2D eigenvalue weighted by Crippen LogP contribution is -2.30. The number of nitrogens with zero attached hydrogens (tertiary/aromatic N) is 3. The number of halogens is 2. The fraction of sp³-hybridized carbons (Fsp3) is 0.207. The molecule has 4 aromatic rings. The first kappa shape index (κ1) is 24.5. The van der Waals surface area contributed by atoms with Crippen LogP contribution in [0.2, 0.25) is 0 Å². The van der Waals surface area contributed by atoms with Crippen LogP contribution in [0.25, 0.3) is 0 Å². The summed E-state index contributed by atoms with van der Waals surface area (Å²) in [4.78, 5) is 24.5. The van der Waals surface area contributed by atoms with Gasteiger partial charge in [0.05, 0.1) is 10.6 Å². The largest absolute Gasteiger partial charge is 0.274 e. The Labute approximate surface area is 221 Å². The monoisotopic (exact) mass is 530 g/mol. The number of aryl methyl sites for hydroxylation is 1. The Kier molecular flexibility index (Phi) is 6.55. The maximum Gasteiger partial charge on any atom is 0.237 e. The third kappa shape index (κ3) is 4.87. The summed E-state index contributed by atoms with van der Waals surface area (Å²) in [6.07, 6.45) is 5.34. The van der Waals surface area contributed by atoms with Crippen molar-refractivity contribution in [2.45, 2.75) is 36.1 Å². The summed E-state index contributed by atoms with van der Waals surface area (Å²) >= 11 is 0. The first-order valence-corrected chi connectivity index (χ1v) is 13.6. The molecule has 0 spiro atoms. The van der Waals surface area contributed by atoms with E-state index >= 15 is 0 Å². The summed E-state index contributed by atoms with van der Waals surface area (Å²) in [5.74, 6) is -0.966. The zero-order valence-electron chi connectivity index (χ0n) is 20.3. The van der Waals surface area contributed by atoms with E-state index in [1.807, 2.05) is 24.3 Å². The number of carbonyl (C=O) groups is 1. The first-order valence-electron chi connectivity index (χ1n) is 12.4. The molecule has 38 heavy (non-hydrogen) atoms. The van der Waals surface area contributed by atoms with Crippen molar-refractivity contribution in [1.82, 2.24) is 14.7 Å². The number of hydrogen-bond acceptors (Lipinski definition) is 4. The lowest BCUT2D eigenvalue weighted by molar-refractivity contribution is -0.119. The van der Waals surface area contributed by atoms with Crippen LogP contribution >= 0.6 is 0 Å². The van der Waals surface area contributed by atoms with Gasteiger partial charge < -0.3 is 0 Å². The Morgan fingerprint density at radius 3 is 2.50 bits per heavy atom. The number of aromatic nitrogens is 2. The molecule has 9 heteroatoms. The van der Waals surface area contributed by atoms with E-state index in [1.54, 1.807) is 24.5 Å². The van der Waals surface area contributed by atoms with E-state index in [9.17, 15) is 17.8 Å². The summed E-state index contributed by atoms with van der Waals surface area (Å²) in [6.45, 7) is 0. The molecule has 1 amide bonds. The van der Waals surface area contributed by atoms with Gasteiger partial charge in [-0.3, -0.25) is 4.79 Å². The molecule has 2 aliphatic rings. The average Bonchev–Trinajstić information content (AvgIpc) is 3.65. The number of anilines is 2. The highest BCUT2D eigenvalue weighted by atomic mass is 32.2. The van der Waals surface area contributed by atoms with Crippen LogP contribution in [0.15, 0.2) is 90.1 Å². The van der Waals surface area contributed by atoms with E-state index in [-0.39, 0.29) is 41.4 Å². The number of fused-ring (bicyclic) bond motifs is 1. The van der Waals surface area contributed by atoms with Gasteiger partial charge in [0.1, 0.15) is 22.6 Å². The van der Waals surface area contributed by atoms with E-state index < -0.39 is 11.0 Å². The number of rotatable bonds is 7. The minimum absolute atomic E-state index is 0.0635. The van der Waals surface area contributed by atoms with Gasteiger partial charge in [-0.25, -0.2) is 32.6 Å². The summed E-state index contributed by atoms with van der Waals surface area (Å²) in [5.41, 5.74) is 3.47. The van der Waals surface area contributed by atoms with Crippen LogP contribution in [-0.2, 0) is 22.2 Å². The van der Waals surface area contributed by atoms with Gasteiger partial charge in [-0.1, -0.05) is 18.2 Å². The Hall–Kier alpha value is -3.82. The van der Waals surface area contributed by atoms with E-state index in [0.717, 1.165) is 29.5 Å². The van der Waals surface area contributed by atoms with Crippen molar-refractivity contribution in [1.29, 1.82) is 0 Å². The van der Waals surface area contributed by atoms with Crippen LogP contribution in [-0.4, -0.2) is 20.1 Å². The molecule has 1 N–H and O–H groups in total. The molecule has 1 fully saturated rings. The molecule has 4 unspecified atom stereocenters. The molecular formula is C29H24F2N4O2S. The van der Waals surface area contributed by atoms with E-state index in [4.69, 9.17) is 0 Å². The lowest BCUT2D eigenvalue weighted by Gasteiger charge is -2.23. The van der Waals surface area contributed by atoms with Crippen molar-refractivity contribution in [3.8, 4) is 0 Å². The number of amides is 1. The van der Waals surface area contributed by atoms with Crippen LogP contribution in [0.4, 0.5) is 20.4 Å². The minimum Gasteiger partial charge on any atom is -0.274 e. The highest BCUT2D eigenvalue weighted by Gasteiger charge is 2.47. The number of nitrogens with one attached hydrogen (secondary N) is 1. The average molecular weight is 531 g/mol. The quantitative estimate of drug-likeness (QED) is 0.341. The Bertz CT molecular complexity index is 1520. The molecule has 3 aromatic carbocycles. The van der Waals surface area contributed by atoms with Crippen LogP contribution in [0.5, 0.6) is 0 Å². The van der Waals surface area contributed by atoms with Gasteiger partial charge >= 0.3 is 0 Å². The zero-order valence-corrected chi connectivity index (χ0v) is 21.1. The first-order chi connectivity index (χ1) is 18.5. The molecule has 0 aliphatic heterocycles. The van der Waals surface area contributed by atoms with Crippen molar-refractivity contribution in [2.24, 2.45) is 5.92 Å². The van der Waals surface area contributed by atoms with Gasteiger partial charge in [0, 0.05) is 24.4 Å². The van der Waals surface area contributed by atoms with Crippen molar-refractivity contribution < 1.29 is 17.8 Å². The predicted octanol–water partition coefficient (Wildman–Crippen LogP) is 5.52. The van der Waals surface area contributed by atoms with Crippen molar-refractivity contribution in [3.63, 3.8) is 0 Å². The second kappa shape index (κ2) is 10.2. The maximum atomic E-state index is 13.8. The molecule has 0 bridgehead atoms. The topological polar surface area (TPSA) is 75.2 Å². The van der Waals surface area contributed by atoms with Gasteiger partial charge in [-0.05, 0) is 96.5 Å². The Morgan fingerprint density at radius 1 is 0.947 bits per heavy atom. The van der Waals surface area contributed by atoms with E-state index in [1.165, 1.54) is 41.3 Å². The summed E-state index contributed by atoms with van der Waals surface area (Å²) in [7, 11) is -1.53. The molecule has 1 saturated carbocycles. The van der Waals surface area contributed by atoms with E-state index in [2.05, 4.69) is 14.7 Å². The molecular weight excluding hydrogens is 506 g/mol. The highest BCUT2D eigenvalue weighted by molar-refractivity contribution is 7.83. The van der Waals surface area contributed by atoms with Crippen molar-refractivity contribution in [2.75, 3.05) is 4.90 Å². The third-order valence-corrected chi connectivity index (χ3v) is 8.30. The zero-order chi connectivity index (χ0) is 26.2. The molecule has 6 rings (SSSR count). The fourth-order valence-corrected chi connectivity index (χ4v) is 6.12. The standard InChI is InChI=1S/C29H24F2N4O2S/c30-20-7-10-23(11-8-20)38(37)34-27-12-6-18-5-9-22(16-25(18)27)35(29-32-13-2-14-33-29)28(36)26-17-24(26)19-3-1-4-21(31)15-19/h1-5,7-11,13-16,24,26-27,34H,6,12,17H2. The van der Waals surface area contributed by atoms with Gasteiger partial charge in [0.2, 0.25) is 11.9 Å². The SMILES string of the molecule is O=C(C1CC1c1cccc(F)c1)N(c1ccc2c(c1)C(NS(=O)c1ccc(F)cc1)CC2)c1ncccn1. The van der Waals surface area contributed by atoms with Gasteiger partial charge in [-0.2, -0.15) is 0 Å². The molecule has 0 saturated heterocycles. The highest BCUT2D eigenvalue weighted by Crippen LogP contribution is 2.50. The Balaban J connectivity index is 1.29. The van der Waals surface area contributed by atoms with Crippen molar-refractivity contribution >= 4 is 28.5 Å². The van der Waals surface area contributed by atoms with E-state index in [0.29, 0.717) is 17.0 Å². The second-order valence-corrected chi connectivity index (χ2v) is 10.8. The second-order valence-electron chi connectivity index (χ2n) is 9.54. The maximum absolute atomic E-state index is 13.8. The molecule has 2 aliphatic carbocycles. The smallest absolute Gasteiger partial charge is 0.237 e. The minimum atomic E-state index is -1.53. The summed E-state index contributed by atoms with van der Waals surface area (Å²) < 4.78 is 43.2. The molecule has 0 radical (unpaired) electrons. The van der Waals surface area contributed by atoms with Crippen LogP contribution in [0.3, 0.4) is 0 Å². The molecule has 1 aromatic heterocycles. The third-order valence-electron chi connectivity index (χ3n) is 7.10. The molecule has 4 atom stereocenters. The van der Waals surface area contributed by atoms with Gasteiger partial charge in [-0.15, -0.1) is 0 Å². The summed E-state index contributed by atoms with van der Waals surface area (Å²) in [6, 6.07) is 19.2. The predicted molar refractivity (Wildman–Crippen MR) is 140 cm³/mol. The summed E-state index contributed by atoms with van der Waals surface area (Å²) in [5, 5.41) is 0. The number of benzene rings is 3. The molecule has 192 valence electrons. The Morgan fingerprint density at radius 2 is 1.74 bits per heavy atom. The normalized spacial score (nSPS) is 20.5. The number of carbonyl (C=O) groups excluding carboxylic acids is 1. The van der Waals surface area contributed by atoms with Crippen molar-refractivity contribution in [3.05, 3.63) is 114 Å². The molecule has 6 nitrogen and oxygen atoms in total. The van der Waals surface area contributed by atoms with Crippen LogP contribution in [0, 0.1) is 17.6 Å². The molecule has 1 heterocycles. The van der Waals surface area contributed by atoms with Gasteiger partial charge in [0.15, 0.2) is 0 Å². The fourth-order valence-electron chi connectivity index (χ4n) is 5.09. The van der Waals surface area contributed by atoms with Crippen LogP contribution < -0.4 is 9.62 Å². The number of hydrogen-bond donors (Lipinski definition) is 1. The van der Waals surface area contributed by atoms with Crippen LogP contribution in [0.1, 0.15) is 41.5 Å². The lowest BCUT2D eigenvalue weighted by atomic mass is 10.1.